The van der Waals surface area contributed by atoms with Gasteiger partial charge in [-0.25, -0.2) is 9.78 Å². The van der Waals surface area contributed by atoms with Crippen LogP contribution in [0.3, 0.4) is 0 Å². The zero-order valence-electron chi connectivity index (χ0n) is 14.3. The smallest absolute Gasteiger partial charge is 0.318 e. The van der Waals surface area contributed by atoms with Crippen molar-refractivity contribution < 1.29 is 9.59 Å². The molecule has 0 unspecified atom stereocenters. The molecule has 8 heteroatoms. The molecule has 0 aromatic carbocycles. The predicted octanol–water partition coefficient (Wildman–Crippen LogP) is -0.276. The topological polar surface area (TPSA) is 73.7 Å². The Bertz CT molecular complexity index is 548. The van der Waals surface area contributed by atoms with Gasteiger partial charge in [0.05, 0.1) is 6.54 Å². The molecule has 0 radical (unpaired) electrons. The largest absolute Gasteiger partial charge is 0.347 e. The zero-order chi connectivity index (χ0) is 17.0. The molecule has 0 aliphatic carbocycles. The molecule has 0 bridgehead atoms. The van der Waals surface area contributed by atoms with Crippen LogP contribution in [0, 0.1) is 0 Å². The van der Waals surface area contributed by atoms with Crippen LogP contribution in [0.25, 0.3) is 0 Å². The quantitative estimate of drug-likeness (QED) is 0.828. The van der Waals surface area contributed by atoms with Crippen molar-refractivity contribution >= 4 is 11.9 Å². The highest BCUT2D eigenvalue weighted by Crippen LogP contribution is 2.07. The van der Waals surface area contributed by atoms with E-state index < -0.39 is 6.04 Å². The maximum atomic E-state index is 12.2. The van der Waals surface area contributed by atoms with Gasteiger partial charge in [0.25, 0.3) is 0 Å². The van der Waals surface area contributed by atoms with Crippen molar-refractivity contribution in [3.8, 4) is 0 Å². The van der Waals surface area contributed by atoms with Crippen molar-refractivity contribution in [2.75, 3.05) is 40.3 Å². The van der Waals surface area contributed by atoms with Crippen molar-refractivity contribution in [2.45, 2.75) is 19.5 Å². The number of aryl methyl sites for hydroxylation is 1. The van der Waals surface area contributed by atoms with E-state index in [1.807, 2.05) is 17.8 Å². The third kappa shape index (κ3) is 4.44. The fourth-order valence-electron chi connectivity index (χ4n) is 2.58. The van der Waals surface area contributed by atoms with Crippen molar-refractivity contribution in [1.29, 1.82) is 0 Å². The number of rotatable bonds is 4. The van der Waals surface area contributed by atoms with E-state index in [1.165, 1.54) is 4.90 Å². The molecule has 1 aromatic rings. The number of hydrogen-bond acceptors (Lipinski definition) is 4. The van der Waals surface area contributed by atoms with Gasteiger partial charge in [0, 0.05) is 59.7 Å². The minimum Gasteiger partial charge on any atom is -0.347 e. The van der Waals surface area contributed by atoms with E-state index in [-0.39, 0.29) is 11.9 Å². The molecule has 1 aliphatic heterocycles. The van der Waals surface area contributed by atoms with Crippen LogP contribution in [0.5, 0.6) is 0 Å². The Kier molecular flexibility index (Phi) is 5.59. The number of aromatic nitrogens is 2. The second-order valence-electron chi connectivity index (χ2n) is 6.12. The lowest BCUT2D eigenvalue weighted by molar-refractivity contribution is -0.130. The summed E-state index contributed by atoms with van der Waals surface area (Å²) in [5.74, 6) is 0.917. The first-order valence-corrected chi connectivity index (χ1v) is 7.83. The molecule has 3 amide bonds. The number of carbonyl (C=O) groups is 2. The molecule has 1 aliphatic rings. The van der Waals surface area contributed by atoms with Crippen molar-refractivity contribution in [2.24, 2.45) is 7.05 Å². The van der Waals surface area contributed by atoms with Crippen LogP contribution in [0.15, 0.2) is 12.4 Å². The number of carbonyl (C=O) groups excluding carboxylic acids is 2. The molecule has 1 aromatic heterocycles. The number of likely N-dealkylation sites (N-methyl/N-ethyl adjacent to an activating group) is 1. The van der Waals surface area contributed by atoms with E-state index in [9.17, 15) is 9.59 Å². The summed E-state index contributed by atoms with van der Waals surface area (Å²) in [5.41, 5.74) is 0. The molecule has 0 saturated carbocycles. The highest BCUT2D eigenvalue weighted by molar-refractivity contribution is 5.86. The van der Waals surface area contributed by atoms with Gasteiger partial charge in [-0.2, -0.15) is 0 Å². The number of urea groups is 1. The van der Waals surface area contributed by atoms with Gasteiger partial charge in [0.15, 0.2) is 0 Å². The molecule has 23 heavy (non-hydrogen) atoms. The van der Waals surface area contributed by atoms with Gasteiger partial charge in [0.2, 0.25) is 5.91 Å². The summed E-state index contributed by atoms with van der Waals surface area (Å²) in [7, 11) is 5.35. The molecule has 1 saturated heterocycles. The monoisotopic (exact) mass is 322 g/mol. The Morgan fingerprint density at radius 1 is 1.30 bits per heavy atom. The summed E-state index contributed by atoms with van der Waals surface area (Å²) in [6.45, 7) is 5.40. The number of piperazine rings is 1. The van der Waals surface area contributed by atoms with E-state index >= 15 is 0 Å². The van der Waals surface area contributed by atoms with E-state index in [2.05, 4.69) is 15.2 Å². The van der Waals surface area contributed by atoms with Crippen LogP contribution >= 0.6 is 0 Å². The van der Waals surface area contributed by atoms with Gasteiger partial charge in [-0.3, -0.25) is 9.69 Å². The van der Waals surface area contributed by atoms with E-state index in [4.69, 9.17) is 0 Å². The van der Waals surface area contributed by atoms with Crippen molar-refractivity contribution in [3.63, 3.8) is 0 Å². The average molecular weight is 322 g/mol. The molecule has 2 rings (SSSR count). The Balaban J connectivity index is 1.78. The lowest BCUT2D eigenvalue weighted by atomic mass is 10.3. The van der Waals surface area contributed by atoms with E-state index in [0.29, 0.717) is 13.1 Å². The summed E-state index contributed by atoms with van der Waals surface area (Å²) in [5, 5.41) is 2.76. The summed E-state index contributed by atoms with van der Waals surface area (Å²) < 4.78 is 2.01. The molecule has 2 heterocycles. The van der Waals surface area contributed by atoms with Gasteiger partial charge < -0.3 is 19.7 Å². The summed E-state index contributed by atoms with van der Waals surface area (Å²) in [6, 6.07) is -0.688. The van der Waals surface area contributed by atoms with Crippen LogP contribution in [0.2, 0.25) is 0 Å². The lowest BCUT2D eigenvalue weighted by Crippen LogP contribution is -2.55. The molecule has 0 spiro atoms. The van der Waals surface area contributed by atoms with Crippen LogP contribution in [-0.2, 0) is 18.4 Å². The Morgan fingerprint density at radius 2 is 1.96 bits per heavy atom. The van der Waals surface area contributed by atoms with Crippen molar-refractivity contribution in [1.82, 2.24) is 29.6 Å². The molecule has 8 nitrogen and oxygen atoms in total. The Morgan fingerprint density at radius 3 is 2.48 bits per heavy atom. The fraction of sp³-hybridized carbons (Fsp3) is 0.667. The van der Waals surface area contributed by atoms with Crippen LogP contribution in [-0.4, -0.2) is 82.5 Å². The Hall–Kier alpha value is -2.09. The number of hydrogen-bond donors (Lipinski definition) is 1. The van der Waals surface area contributed by atoms with Crippen LogP contribution < -0.4 is 5.32 Å². The lowest BCUT2D eigenvalue weighted by Gasteiger charge is -2.35. The number of nitrogens with one attached hydrogen (secondary N) is 1. The maximum absolute atomic E-state index is 12.2. The van der Waals surface area contributed by atoms with Gasteiger partial charge in [-0.15, -0.1) is 0 Å². The first-order valence-electron chi connectivity index (χ1n) is 7.83. The average Bonchev–Trinajstić information content (AvgIpc) is 2.92. The molecule has 1 atom stereocenters. The minimum absolute atomic E-state index is 0.105. The number of nitrogens with zero attached hydrogens (tertiary/aromatic N) is 5. The normalized spacial score (nSPS) is 17.0. The van der Waals surface area contributed by atoms with Crippen LogP contribution in [0.1, 0.15) is 12.7 Å². The van der Waals surface area contributed by atoms with Crippen molar-refractivity contribution in [3.05, 3.63) is 18.2 Å². The Labute approximate surface area is 137 Å². The standard InChI is InChI=1S/C15H26N6O2/c1-12(14(22)18(2)3)17-15(23)21-9-7-20(8-10-21)11-13-16-5-6-19(13)4/h5-6,12H,7-11H2,1-4H3,(H,17,23)/t12-/m1/s1. The molecule has 1 N–H and O–H groups in total. The predicted molar refractivity (Wildman–Crippen MR) is 86.7 cm³/mol. The minimum atomic E-state index is -0.511. The van der Waals surface area contributed by atoms with Gasteiger partial charge in [-0.05, 0) is 6.92 Å². The molecule has 1 fully saturated rings. The van der Waals surface area contributed by atoms with Crippen LogP contribution in [0.4, 0.5) is 4.79 Å². The maximum Gasteiger partial charge on any atom is 0.318 e. The van der Waals surface area contributed by atoms with E-state index in [0.717, 1.165) is 25.5 Å². The SMILES string of the molecule is C[C@@H](NC(=O)N1CCN(Cc2nccn2C)CC1)C(=O)N(C)C. The summed E-state index contributed by atoms with van der Waals surface area (Å²) in [4.78, 5) is 33.9. The molecular formula is C15H26N6O2. The molecular weight excluding hydrogens is 296 g/mol. The zero-order valence-corrected chi connectivity index (χ0v) is 14.3. The second-order valence-corrected chi connectivity index (χ2v) is 6.12. The highest BCUT2D eigenvalue weighted by Gasteiger charge is 2.24. The summed E-state index contributed by atoms with van der Waals surface area (Å²) >= 11 is 0. The first-order chi connectivity index (χ1) is 10.9. The second kappa shape index (κ2) is 7.45. The van der Waals surface area contributed by atoms with Gasteiger partial charge in [-0.1, -0.05) is 0 Å². The van der Waals surface area contributed by atoms with Gasteiger partial charge >= 0.3 is 6.03 Å². The highest BCUT2D eigenvalue weighted by atomic mass is 16.2. The fourth-order valence-corrected chi connectivity index (χ4v) is 2.58. The summed E-state index contributed by atoms with van der Waals surface area (Å²) in [6.07, 6.45) is 3.73. The molecule has 128 valence electrons. The third-order valence-corrected chi connectivity index (χ3v) is 4.10. The first kappa shape index (κ1) is 17.3. The number of amides is 3. The van der Waals surface area contributed by atoms with Gasteiger partial charge in [0.1, 0.15) is 11.9 Å². The third-order valence-electron chi connectivity index (χ3n) is 4.10. The number of imidazole rings is 1. The van der Waals surface area contributed by atoms with E-state index in [1.54, 1.807) is 32.1 Å².